The first kappa shape index (κ1) is 39.4. The number of amides is 4. The van der Waals surface area contributed by atoms with Gasteiger partial charge in [0.25, 0.3) is 0 Å². The van der Waals surface area contributed by atoms with Crippen molar-refractivity contribution >= 4 is 29.6 Å². The first-order valence-corrected chi connectivity index (χ1v) is 16.9. The number of nitrogens with one attached hydrogen (secondary N) is 4. The Bertz CT molecular complexity index is 1490. The molecule has 0 aliphatic carbocycles. The van der Waals surface area contributed by atoms with Gasteiger partial charge in [-0.25, -0.2) is 4.79 Å². The van der Waals surface area contributed by atoms with E-state index in [9.17, 15) is 24.0 Å². The van der Waals surface area contributed by atoms with Crippen LogP contribution in [0.15, 0.2) is 91.0 Å². The predicted molar refractivity (Wildman–Crippen MR) is 192 cm³/mol. The lowest BCUT2D eigenvalue weighted by Gasteiger charge is -2.37. The van der Waals surface area contributed by atoms with E-state index in [1.54, 1.807) is 20.8 Å². The molecule has 4 amide bonds. The average Bonchev–Trinajstić information content (AvgIpc) is 3.06. The highest BCUT2D eigenvalue weighted by molar-refractivity contribution is 5.96. The van der Waals surface area contributed by atoms with Crippen LogP contribution in [0, 0.1) is 5.92 Å². The smallest absolute Gasteiger partial charge is 0.329 e. The number of rotatable bonds is 15. The third kappa shape index (κ3) is 11.0. The fourth-order valence-electron chi connectivity index (χ4n) is 5.47. The highest BCUT2D eigenvalue weighted by atomic mass is 16.6. The standard InChI is InChI=1S/C39H51N5O6/c1-25(2)23-32(37(49)50-38(5,6)7)43-36(48)31(42-35(47)27(4)41-34(46)26(3)40)24-33(45)44-39(28-17-11-8-12-18-28,29-19-13-9-14-20-29)30-21-15-10-16-22-30/h8-22,25-27,31-32H,23-24,40H2,1-7H3,(H,41,46)(H,42,47)(H,43,48)(H,44,45)/t26-,27-,31-,32-/m0/s1. The molecule has 11 heteroatoms. The molecule has 0 aliphatic rings. The second-order valence-electron chi connectivity index (χ2n) is 13.9. The van der Waals surface area contributed by atoms with E-state index in [0.29, 0.717) is 0 Å². The van der Waals surface area contributed by atoms with Crippen LogP contribution in [-0.2, 0) is 34.2 Å². The zero-order valence-corrected chi connectivity index (χ0v) is 30.0. The summed E-state index contributed by atoms with van der Waals surface area (Å²) in [6.07, 6.45) is -0.240. The van der Waals surface area contributed by atoms with Crippen molar-refractivity contribution < 1.29 is 28.7 Å². The van der Waals surface area contributed by atoms with E-state index in [1.807, 2.05) is 105 Å². The van der Waals surface area contributed by atoms with Crippen molar-refractivity contribution in [3.63, 3.8) is 0 Å². The van der Waals surface area contributed by atoms with Crippen molar-refractivity contribution in [1.82, 2.24) is 21.3 Å². The van der Waals surface area contributed by atoms with Gasteiger partial charge in [0.05, 0.1) is 12.5 Å². The minimum atomic E-state index is -1.44. The summed E-state index contributed by atoms with van der Waals surface area (Å²) in [5.41, 5.74) is 5.98. The second kappa shape index (κ2) is 17.6. The van der Waals surface area contributed by atoms with Gasteiger partial charge < -0.3 is 31.7 Å². The summed E-state index contributed by atoms with van der Waals surface area (Å²) in [6, 6.07) is 23.9. The van der Waals surface area contributed by atoms with Crippen LogP contribution in [0.25, 0.3) is 0 Å². The summed E-state index contributed by atoms with van der Waals surface area (Å²) in [7, 11) is 0. The van der Waals surface area contributed by atoms with Gasteiger partial charge in [-0.1, -0.05) is 105 Å². The molecule has 0 unspecified atom stereocenters. The first-order chi connectivity index (χ1) is 23.5. The maximum Gasteiger partial charge on any atom is 0.329 e. The molecule has 6 N–H and O–H groups in total. The number of esters is 1. The van der Waals surface area contributed by atoms with Gasteiger partial charge in [-0.05, 0) is 63.6 Å². The van der Waals surface area contributed by atoms with Crippen LogP contribution in [-0.4, -0.2) is 59.4 Å². The summed E-state index contributed by atoms with van der Waals surface area (Å²) >= 11 is 0. The van der Waals surface area contributed by atoms with Gasteiger partial charge >= 0.3 is 5.97 Å². The molecule has 4 atom stereocenters. The van der Waals surface area contributed by atoms with E-state index < -0.39 is 71.3 Å². The molecular formula is C39H51N5O6. The Hall–Kier alpha value is -5.03. The highest BCUT2D eigenvalue weighted by Gasteiger charge is 2.39. The number of benzene rings is 3. The Morgan fingerprint density at radius 1 is 0.640 bits per heavy atom. The van der Waals surface area contributed by atoms with Gasteiger partial charge in [0, 0.05) is 0 Å². The Labute approximate surface area is 295 Å². The quantitative estimate of drug-likeness (QED) is 0.120. The van der Waals surface area contributed by atoms with Crippen molar-refractivity contribution in [1.29, 1.82) is 0 Å². The largest absolute Gasteiger partial charge is 0.458 e. The normalized spacial score (nSPS) is 14.0. The summed E-state index contributed by atoms with van der Waals surface area (Å²) in [4.78, 5) is 67.1. The van der Waals surface area contributed by atoms with Gasteiger partial charge in [0.2, 0.25) is 23.6 Å². The summed E-state index contributed by atoms with van der Waals surface area (Å²) in [6.45, 7) is 11.9. The summed E-state index contributed by atoms with van der Waals surface area (Å²) in [5.74, 6) is -3.24. The van der Waals surface area contributed by atoms with E-state index in [0.717, 1.165) is 16.7 Å². The monoisotopic (exact) mass is 685 g/mol. The Morgan fingerprint density at radius 2 is 1.08 bits per heavy atom. The predicted octanol–water partition coefficient (Wildman–Crippen LogP) is 3.69. The summed E-state index contributed by atoms with van der Waals surface area (Å²) < 4.78 is 5.58. The number of nitrogens with two attached hydrogens (primary N) is 1. The van der Waals surface area contributed by atoms with Crippen LogP contribution in [0.4, 0.5) is 0 Å². The molecule has 0 aromatic heterocycles. The van der Waals surface area contributed by atoms with Crippen LogP contribution in [0.1, 0.15) is 78.0 Å². The fraction of sp³-hybridized carbons (Fsp3) is 0.410. The van der Waals surface area contributed by atoms with E-state index >= 15 is 0 Å². The molecule has 50 heavy (non-hydrogen) atoms. The van der Waals surface area contributed by atoms with Crippen LogP contribution in [0.2, 0.25) is 0 Å². The third-order valence-electron chi connectivity index (χ3n) is 7.85. The molecule has 3 rings (SSSR count). The van der Waals surface area contributed by atoms with E-state index in [-0.39, 0.29) is 12.3 Å². The van der Waals surface area contributed by atoms with E-state index in [1.165, 1.54) is 13.8 Å². The van der Waals surface area contributed by atoms with Crippen molar-refractivity contribution in [3.8, 4) is 0 Å². The van der Waals surface area contributed by atoms with Gasteiger partial charge in [0.15, 0.2) is 0 Å². The lowest BCUT2D eigenvalue weighted by atomic mass is 9.77. The van der Waals surface area contributed by atoms with Crippen LogP contribution >= 0.6 is 0 Å². The average molecular weight is 686 g/mol. The zero-order chi connectivity index (χ0) is 37.1. The zero-order valence-electron chi connectivity index (χ0n) is 30.0. The molecule has 3 aromatic rings. The molecule has 0 heterocycles. The lowest BCUT2D eigenvalue weighted by Crippen LogP contribution is -2.58. The number of carbonyl (C=O) groups excluding carboxylic acids is 5. The number of carbonyl (C=O) groups is 5. The number of hydrogen-bond donors (Lipinski definition) is 5. The second-order valence-corrected chi connectivity index (χ2v) is 13.9. The van der Waals surface area contributed by atoms with Gasteiger partial charge in [-0.3, -0.25) is 19.2 Å². The van der Waals surface area contributed by atoms with Gasteiger partial charge in [0.1, 0.15) is 29.3 Å². The maximum atomic E-state index is 14.3. The number of ether oxygens (including phenoxy) is 1. The first-order valence-electron chi connectivity index (χ1n) is 16.9. The topological polar surface area (TPSA) is 169 Å². The van der Waals surface area contributed by atoms with Crippen molar-refractivity contribution in [3.05, 3.63) is 108 Å². The molecule has 0 saturated carbocycles. The molecule has 268 valence electrons. The van der Waals surface area contributed by atoms with Crippen LogP contribution in [0.5, 0.6) is 0 Å². The number of hydrogen-bond acceptors (Lipinski definition) is 7. The molecule has 11 nitrogen and oxygen atoms in total. The Kier molecular flexibility index (Phi) is 13.9. The van der Waals surface area contributed by atoms with E-state index in [2.05, 4.69) is 21.3 Å². The molecule has 0 fully saturated rings. The SMILES string of the molecule is CC(C)C[C@H](NC(=O)[C@H](CC(=O)NC(c1ccccc1)(c1ccccc1)c1ccccc1)NC(=O)[C@H](C)NC(=O)[C@H](C)N)C(=O)OC(C)(C)C. The molecule has 0 bridgehead atoms. The van der Waals surface area contributed by atoms with Gasteiger partial charge in [-0.2, -0.15) is 0 Å². The molecule has 0 radical (unpaired) electrons. The summed E-state index contributed by atoms with van der Waals surface area (Å²) in [5, 5.41) is 11.1. The highest BCUT2D eigenvalue weighted by Crippen LogP contribution is 2.37. The Morgan fingerprint density at radius 3 is 1.48 bits per heavy atom. The van der Waals surface area contributed by atoms with E-state index in [4.69, 9.17) is 10.5 Å². The molecule has 0 saturated heterocycles. The molecule has 0 spiro atoms. The minimum absolute atomic E-state index is 0.000814. The van der Waals surface area contributed by atoms with Crippen LogP contribution < -0.4 is 27.0 Å². The lowest BCUT2D eigenvalue weighted by molar-refractivity contribution is -0.159. The van der Waals surface area contributed by atoms with Crippen molar-refractivity contribution in [2.24, 2.45) is 11.7 Å². The molecule has 0 aliphatic heterocycles. The van der Waals surface area contributed by atoms with Crippen LogP contribution in [0.3, 0.4) is 0 Å². The third-order valence-corrected chi connectivity index (χ3v) is 7.85. The fourth-order valence-corrected chi connectivity index (χ4v) is 5.47. The van der Waals surface area contributed by atoms with Gasteiger partial charge in [-0.15, -0.1) is 0 Å². The molecule has 3 aromatic carbocycles. The Balaban J connectivity index is 2.04. The minimum Gasteiger partial charge on any atom is -0.458 e. The maximum absolute atomic E-state index is 14.3. The molecular weight excluding hydrogens is 634 g/mol. The van der Waals surface area contributed by atoms with Crippen molar-refractivity contribution in [2.45, 2.75) is 96.6 Å². The van der Waals surface area contributed by atoms with Crippen molar-refractivity contribution in [2.75, 3.05) is 0 Å².